The van der Waals surface area contributed by atoms with Gasteiger partial charge in [0, 0.05) is 23.5 Å². The van der Waals surface area contributed by atoms with Crippen molar-refractivity contribution in [2.75, 3.05) is 17.6 Å². The van der Waals surface area contributed by atoms with Gasteiger partial charge in [-0.2, -0.15) is 0 Å². The molecular weight excluding hydrogens is 244 g/mol. The van der Waals surface area contributed by atoms with E-state index in [1.54, 1.807) is 18.7 Å². The highest BCUT2D eigenvalue weighted by molar-refractivity contribution is 8.14. The third-order valence-corrected chi connectivity index (χ3v) is 4.22. The number of carbonyl (C=O) groups is 1. The van der Waals surface area contributed by atoms with E-state index in [2.05, 4.69) is 24.2 Å². The summed E-state index contributed by atoms with van der Waals surface area (Å²) in [5.74, 6) is 1.16. The van der Waals surface area contributed by atoms with E-state index in [9.17, 15) is 4.79 Å². The van der Waals surface area contributed by atoms with Crippen LogP contribution in [0.4, 0.5) is 5.69 Å². The first-order valence-electron chi connectivity index (χ1n) is 6.02. The number of rotatable bonds is 2. The number of aliphatic imine (C=N–C) groups is 1. The maximum absolute atomic E-state index is 11.2. The van der Waals surface area contributed by atoms with E-state index in [0.717, 1.165) is 28.7 Å². The Morgan fingerprint density at radius 3 is 2.50 bits per heavy atom. The van der Waals surface area contributed by atoms with Crippen molar-refractivity contribution in [2.45, 2.75) is 20.8 Å². The van der Waals surface area contributed by atoms with Crippen LogP contribution in [0.25, 0.3) is 0 Å². The van der Waals surface area contributed by atoms with E-state index >= 15 is 0 Å². The number of thioether (sulfide) groups is 1. The first-order chi connectivity index (χ1) is 8.46. The molecule has 0 aromatic heterocycles. The molecule has 0 bridgehead atoms. The molecule has 1 aliphatic heterocycles. The normalized spacial score (nSPS) is 18.1. The molecule has 1 aliphatic rings. The summed E-state index contributed by atoms with van der Waals surface area (Å²) in [6.45, 7) is 6.88. The largest absolute Gasteiger partial charge is 0.335 e. The predicted molar refractivity (Wildman–Crippen MR) is 78.6 cm³/mol. The number of carbonyl (C=O) groups excluding carboxylic acids is 1. The van der Waals surface area contributed by atoms with Gasteiger partial charge in [-0.25, -0.2) is 0 Å². The number of ketones is 1. The van der Waals surface area contributed by atoms with Gasteiger partial charge in [0.05, 0.1) is 0 Å². The zero-order valence-corrected chi connectivity index (χ0v) is 11.8. The third kappa shape index (κ3) is 3.35. The van der Waals surface area contributed by atoms with Crippen LogP contribution in [-0.2, 0) is 0 Å². The van der Waals surface area contributed by atoms with E-state index < -0.39 is 0 Å². The average Bonchev–Trinajstić information content (AvgIpc) is 2.33. The molecule has 1 aromatic rings. The first-order valence-corrected chi connectivity index (χ1v) is 7.00. The Morgan fingerprint density at radius 1 is 1.33 bits per heavy atom. The summed E-state index contributed by atoms with van der Waals surface area (Å²) in [5, 5.41) is 4.25. The standard InChI is InChI=1S/C14H18N2OS/c1-10(17)11-4-6-12(7-5-11)16-13-15-8-14(2,3)9-18-13/h4-7H,8-9H2,1-3H3,(H,15,16). The number of nitrogens with one attached hydrogen (secondary N) is 1. The quantitative estimate of drug-likeness (QED) is 0.830. The minimum atomic E-state index is 0.0904. The van der Waals surface area contributed by atoms with Gasteiger partial charge in [-0.3, -0.25) is 9.79 Å². The summed E-state index contributed by atoms with van der Waals surface area (Å²) in [6, 6.07) is 7.50. The molecule has 0 saturated heterocycles. The Morgan fingerprint density at radius 2 is 2.00 bits per heavy atom. The molecule has 3 nitrogen and oxygen atoms in total. The molecule has 1 N–H and O–H groups in total. The summed E-state index contributed by atoms with van der Waals surface area (Å²) >= 11 is 1.75. The lowest BCUT2D eigenvalue weighted by Gasteiger charge is -2.27. The second-order valence-corrected chi connectivity index (χ2v) is 6.30. The van der Waals surface area contributed by atoms with Crippen LogP contribution in [-0.4, -0.2) is 23.2 Å². The topological polar surface area (TPSA) is 41.5 Å². The molecule has 0 atom stereocenters. The zero-order chi connectivity index (χ0) is 13.2. The van der Waals surface area contributed by atoms with E-state index in [1.165, 1.54) is 0 Å². The molecular formula is C14H18N2OS. The molecule has 0 radical (unpaired) electrons. The van der Waals surface area contributed by atoms with Crippen LogP contribution >= 0.6 is 11.8 Å². The predicted octanol–water partition coefficient (Wildman–Crippen LogP) is 3.43. The average molecular weight is 262 g/mol. The molecule has 96 valence electrons. The minimum absolute atomic E-state index is 0.0904. The fraction of sp³-hybridized carbons (Fsp3) is 0.429. The lowest BCUT2D eigenvalue weighted by molar-refractivity contribution is 0.101. The molecule has 18 heavy (non-hydrogen) atoms. The molecule has 4 heteroatoms. The fourth-order valence-electron chi connectivity index (χ4n) is 1.63. The highest BCUT2D eigenvalue weighted by Crippen LogP contribution is 2.28. The monoisotopic (exact) mass is 262 g/mol. The van der Waals surface area contributed by atoms with Gasteiger partial charge in [-0.1, -0.05) is 25.6 Å². The molecule has 1 aromatic carbocycles. The van der Waals surface area contributed by atoms with Crippen molar-refractivity contribution in [3.05, 3.63) is 29.8 Å². The van der Waals surface area contributed by atoms with Crippen LogP contribution in [0, 0.1) is 5.41 Å². The van der Waals surface area contributed by atoms with Crippen molar-refractivity contribution in [1.82, 2.24) is 0 Å². The third-order valence-electron chi connectivity index (χ3n) is 2.79. The van der Waals surface area contributed by atoms with Crippen molar-refractivity contribution in [3.8, 4) is 0 Å². The molecule has 0 saturated carbocycles. The highest BCUT2D eigenvalue weighted by atomic mass is 32.2. The molecule has 0 unspecified atom stereocenters. The van der Waals surface area contributed by atoms with Crippen molar-refractivity contribution in [2.24, 2.45) is 10.4 Å². The van der Waals surface area contributed by atoms with Crippen LogP contribution in [0.5, 0.6) is 0 Å². The van der Waals surface area contributed by atoms with Gasteiger partial charge < -0.3 is 5.32 Å². The summed E-state index contributed by atoms with van der Waals surface area (Å²) in [4.78, 5) is 15.7. The van der Waals surface area contributed by atoms with Gasteiger partial charge in [0.1, 0.15) is 0 Å². The van der Waals surface area contributed by atoms with Crippen molar-refractivity contribution in [1.29, 1.82) is 0 Å². The molecule has 1 heterocycles. The Kier molecular flexibility index (Phi) is 3.76. The SMILES string of the molecule is CC(=O)c1ccc(NC2=NCC(C)(C)CS2)cc1. The summed E-state index contributed by atoms with van der Waals surface area (Å²) < 4.78 is 0. The number of nitrogens with zero attached hydrogens (tertiary/aromatic N) is 1. The number of anilines is 1. The Labute approximate surface area is 112 Å². The maximum Gasteiger partial charge on any atom is 0.161 e. The van der Waals surface area contributed by atoms with Crippen molar-refractivity contribution in [3.63, 3.8) is 0 Å². The number of benzene rings is 1. The van der Waals surface area contributed by atoms with Gasteiger partial charge in [0.25, 0.3) is 0 Å². The summed E-state index contributed by atoms with van der Waals surface area (Å²) in [6.07, 6.45) is 0. The lowest BCUT2D eigenvalue weighted by Crippen LogP contribution is -2.27. The van der Waals surface area contributed by atoms with E-state index in [-0.39, 0.29) is 11.2 Å². The van der Waals surface area contributed by atoms with Gasteiger partial charge in [0.2, 0.25) is 0 Å². The first kappa shape index (κ1) is 13.1. The molecule has 0 aliphatic carbocycles. The van der Waals surface area contributed by atoms with E-state index in [1.807, 2.05) is 24.3 Å². The van der Waals surface area contributed by atoms with E-state index in [0.29, 0.717) is 0 Å². The van der Waals surface area contributed by atoms with Crippen LogP contribution in [0.2, 0.25) is 0 Å². The Balaban J connectivity index is 2.02. The van der Waals surface area contributed by atoms with Gasteiger partial charge in [-0.15, -0.1) is 0 Å². The van der Waals surface area contributed by atoms with Gasteiger partial charge >= 0.3 is 0 Å². The molecule has 0 amide bonds. The number of hydrogen-bond donors (Lipinski definition) is 1. The summed E-state index contributed by atoms with van der Waals surface area (Å²) in [5.41, 5.74) is 2.00. The Bertz CT molecular complexity index is 477. The fourth-order valence-corrected chi connectivity index (χ4v) is 2.59. The molecule has 0 fully saturated rings. The molecule has 2 rings (SSSR count). The van der Waals surface area contributed by atoms with Crippen molar-refractivity contribution < 1.29 is 4.79 Å². The van der Waals surface area contributed by atoms with Crippen LogP contribution in [0.15, 0.2) is 29.3 Å². The van der Waals surface area contributed by atoms with Gasteiger partial charge in [0.15, 0.2) is 11.0 Å². The second kappa shape index (κ2) is 5.14. The Hall–Kier alpha value is -1.29. The molecule has 0 spiro atoms. The van der Waals surface area contributed by atoms with E-state index in [4.69, 9.17) is 0 Å². The second-order valence-electron chi connectivity index (χ2n) is 5.33. The number of hydrogen-bond acceptors (Lipinski definition) is 4. The van der Waals surface area contributed by atoms with Crippen LogP contribution in [0.1, 0.15) is 31.1 Å². The smallest absolute Gasteiger partial charge is 0.161 e. The van der Waals surface area contributed by atoms with Crippen LogP contribution in [0.3, 0.4) is 0 Å². The highest BCUT2D eigenvalue weighted by Gasteiger charge is 2.23. The summed E-state index contributed by atoms with van der Waals surface area (Å²) in [7, 11) is 0. The van der Waals surface area contributed by atoms with Crippen LogP contribution < -0.4 is 5.32 Å². The number of amidine groups is 1. The number of Topliss-reactive ketones (excluding diaryl/α,β-unsaturated/α-hetero) is 1. The van der Waals surface area contributed by atoms with Gasteiger partial charge in [-0.05, 0) is 36.6 Å². The maximum atomic E-state index is 11.2. The lowest BCUT2D eigenvalue weighted by atomic mass is 9.97. The van der Waals surface area contributed by atoms with Crippen molar-refractivity contribution >= 4 is 28.4 Å². The zero-order valence-electron chi connectivity index (χ0n) is 11.0. The minimum Gasteiger partial charge on any atom is -0.335 e.